The molecule has 168 valence electrons. The number of carbonyl (C=O) groups is 1. The summed E-state index contributed by atoms with van der Waals surface area (Å²) in [5.41, 5.74) is 3.23. The SMILES string of the molecule is C=C(C#N)/C=C\C(=C)c1ccc(C(=O)Oc2ccc(OCC(=C)C)cc2)cc1.CC.CO. The van der Waals surface area contributed by atoms with Gasteiger partial charge in [-0.1, -0.05) is 51.8 Å². The molecule has 2 aromatic rings. The Bertz CT molecular complexity index is 962. The Kier molecular flexibility index (Phi) is 14.0. The Balaban J connectivity index is 0.00000227. The minimum Gasteiger partial charge on any atom is -0.489 e. The van der Waals surface area contributed by atoms with E-state index >= 15 is 0 Å². The van der Waals surface area contributed by atoms with Crippen molar-refractivity contribution in [3.8, 4) is 17.6 Å². The molecule has 5 heteroatoms. The average Bonchev–Trinajstić information content (AvgIpc) is 2.84. The van der Waals surface area contributed by atoms with Crippen LogP contribution in [0.3, 0.4) is 0 Å². The Morgan fingerprint density at radius 3 is 1.94 bits per heavy atom. The highest BCUT2D eigenvalue weighted by Crippen LogP contribution is 2.20. The lowest BCUT2D eigenvalue weighted by molar-refractivity contribution is 0.0734. The van der Waals surface area contributed by atoms with E-state index in [9.17, 15) is 4.79 Å². The van der Waals surface area contributed by atoms with Crippen LogP contribution < -0.4 is 9.47 Å². The van der Waals surface area contributed by atoms with Gasteiger partial charge in [0.2, 0.25) is 0 Å². The van der Waals surface area contributed by atoms with Crippen molar-refractivity contribution in [2.45, 2.75) is 20.8 Å². The van der Waals surface area contributed by atoms with Gasteiger partial charge in [0.15, 0.2) is 0 Å². The van der Waals surface area contributed by atoms with E-state index < -0.39 is 5.97 Å². The summed E-state index contributed by atoms with van der Waals surface area (Å²) < 4.78 is 10.9. The second-order valence-electron chi connectivity index (χ2n) is 6.18. The van der Waals surface area contributed by atoms with Gasteiger partial charge < -0.3 is 14.6 Å². The largest absolute Gasteiger partial charge is 0.489 e. The lowest BCUT2D eigenvalue weighted by Gasteiger charge is -2.08. The van der Waals surface area contributed by atoms with E-state index in [1.165, 1.54) is 0 Å². The van der Waals surface area contributed by atoms with Gasteiger partial charge in [0.05, 0.1) is 11.6 Å². The molecular weight excluding hydrogens is 402 g/mol. The fourth-order valence-electron chi connectivity index (χ4n) is 2.13. The lowest BCUT2D eigenvalue weighted by atomic mass is 10.0. The van der Waals surface area contributed by atoms with Crippen LogP contribution in [0.2, 0.25) is 0 Å². The predicted octanol–water partition coefficient (Wildman–Crippen LogP) is 6.14. The zero-order valence-electron chi connectivity index (χ0n) is 19.2. The first-order chi connectivity index (χ1) is 15.4. The van der Waals surface area contributed by atoms with Crippen LogP contribution in [0.25, 0.3) is 5.57 Å². The zero-order chi connectivity index (χ0) is 24.5. The molecule has 0 atom stereocenters. The number of rotatable bonds is 8. The van der Waals surface area contributed by atoms with Gasteiger partial charge >= 0.3 is 5.97 Å². The van der Waals surface area contributed by atoms with Gasteiger partial charge in [-0.3, -0.25) is 0 Å². The van der Waals surface area contributed by atoms with Crippen LogP contribution in [0.1, 0.15) is 36.7 Å². The van der Waals surface area contributed by atoms with Crippen LogP contribution in [0, 0.1) is 11.3 Å². The first kappa shape index (κ1) is 28.1. The Hall–Kier alpha value is -3.88. The molecule has 0 unspecified atom stereocenters. The topological polar surface area (TPSA) is 79.6 Å². The van der Waals surface area contributed by atoms with Crippen LogP contribution in [0.5, 0.6) is 11.5 Å². The highest BCUT2D eigenvalue weighted by molar-refractivity contribution is 5.91. The number of aliphatic hydroxyl groups is 1. The van der Waals surface area contributed by atoms with Crippen molar-refractivity contribution in [3.05, 3.63) is 103 Å². The van der Waals surface area contributed by atoms with Crippen LogP contribution in [-0.4, -0.2) is 24.8 Å². The summed E-state index contributed by atoms with van der Waals surface area (Å²) >= 11 is 0. The van der Waals surface area contributed by atoms with Gasteiger partial charge in [-0.15, -0.1) is 0 Å². The number of benzene rings is 2. The number of nitriles is 1. The fourth-order valence-corrected chi connectivity index (χ4v) is 2.13. The third-order valence-electron chi connectivity index (χ3n) is 3.64. The van der Waals surface area contributed by atoms with Crippen molar-refractivity contribution in [2.24, 2.45) is 0 Å². The van der Waals surface area contributed by atoms with Gasteiger partial charge in [-0.2, -0.15) is 5.26 Å². The second-order valence-corrected chi connectivity index (χ2v) is 6.18. The number of ether oxygens (including phenoxy) is 2. The first-order valence-electron chi connectivity index (χ1n) is 9.99. The highest BCUT2D eigenvalue weighted by atomic mass is 16.5. The Morgan fingerprint density at radius 2 is 1.44 bits per heavy atom. The van der Waals surface area contributed by atoms with E-state index in [1.54, 1.807) is 60.7 Å². The summed E-state index contributed by atoms with van der Waals surface area (Å²) in [5, 5.41) is 15.7. The number of allylic oxidation sites excluding steroid dienone is 4. The second kappa shape index (κ2) is 15.9. The molecule has 0 bridgehead atoms. The standard InChI is InChI=1S/C24H21NO3.C2H6.CH4O/c1-17(2)16-27-22-11-13-23(14-12-22)28-24(26)21-9-7-20(8-10-21)19(4)6-5-18(3)15-25;2*1-2/h5-14H,1,3-4,16H2,2H3;1-2H3;2H,1H3/b6-5-;;. The van der Waals surface area contributed by atoms with E-state index in [0.717, 1.165) is 18.2 Å². The molecule has 0 saturated heterocycles. The Labute approximate surface area is 191 Å². The quantitative estimate of drug-likeness (QED) is 0.178. The molecule has 2 rings (SSSR count). The van der Waals surface area contributed by atoms with E-state index in [2.05, 4.69) is 19.7 Å². The lowest BCUT2D eigenvalue weighted by Crippen LogP contribution is -2.08. The van der Waals surface area contributed by atoms with E-state index in [4.69, 9.17) is 19.8 Å². The molecular formula is C27H31NO4. The van der Waals surface area contributed by atoms with Gasteiger partial charge in [0.25, 0.3) is 0 Å². The van der Waals surface area contributed by atoms with Crippen LogP contribution in [-0.2, 0) is 0 Å². The molecule has 0 amide bonds. The maximum Gasteiger partial charge on any atom is 0.343 e. The van der Waals surface area contributed by atoms with E-state index in [-0.39, 0.29) is 0 Å². The van der Waals surface area contributed by atoms with Gasteiger partial charge in [0.1, 0.15) is 18.1 Å². The summed E-state index contributed by atoms with van der Waals surface area (Å²) in [7, 11) is 1.00. The summed E-state index contributed by atoms with van der Waals surface area (Å²) in [6, 6.07) is 15.6. The molecule has 0 aliphatic rings. The molecule has 0 heterocycles. The van der Waals surface area contributed by atoms with Crippen molar-refractivity contribution in [3.63, 3.8) is 0 Å². The molecule has 32 heavy (non-hydrogen) atoms. The molecule has 5 nitrogen and oxygen atoms in total. The highest BCUT2D eigenvalue weighted by Gasteiger charge is 2.09. The number of esters is 1. The van der Waals surface area contributed by atoms with Crippen molar-refractivity contribution in [1.29, 1.82) is 5.26 Å². The third-order valence-corrected chi connectivity index (χ3v) is 3.64. The monoisotopic (exact) mass is 433 g/mol. The van der Waals surface area contributed by atoms with Gasteiger partial charge in [-0.05, 0) is 66.1 Å². The van der Waals surface area contributed by atoms with Gasteiger partial charge in [0, 0.05) is 12.7 Å². The van der Waals surface area contributed by atoms with Crippen LogP contribution >= 0.6 is 0 Å². The normalized spacial score (nSPS) is 9.25. The van der Waals surface area contributed by atoms with Crippen molar-refractivity contribution in [1.82, 2.24) is 0 Å². The first-order valence-corrected chi connectivity index (χ1v) is 9.99. The molecule has 0 saturated carbocycles. The average molecular weight is 434 g/mol. The number of hydrogen-bond acceptors (Lipinski definition) is 5. The molecule has 0 fully saturated rings. The summed E-state index contributed by atoms with van der Waals surface area (Å²) in [4.78, 5) is 12.3. The smallest absolute Gasteiger partial charge is 0.343 e. The van der Waals surface area contributed by atoms with Crippen LogP contribution in [0.15, 0.2) is 91.6 Å². The van der Waals surface area contributed by atoms with Crippen molar-refractivity contribution >= 4 is 11.5 Å². The van der Waals surface area contributed by atoms with Gasteiger partial charge in [-0.25, -0.2) is 4.79 Å². The molecule has 0 aromatic heterocycles. The zero-order valence-corrected chi connectivity index (χ0v) is 19.2. The number of carbonyl (C=O) groups excluding carboxylic acids is 1. The van der Waals surface area contributed by atoms with Crippen LogP contribution in [0.4, 0.5) is 0 Å². The maximum atomic E-state index is 12.3. The predicted molar refractivity (Wildman–Crippen MR) is 131 cm³/mol. The number of aliphatic hydroxyl groups excluding tert-OH is 1. The van der Waals surface area contributed by atoms with Crippen molar-refractivity contribution in [2.75, 3.05) is 13.7 Å². The molecule has 0 spiro atoms. The number of hydrogen-bond donors (Lipinski definition) is 1. The summed E-state index contributed by atoms with van der Waals surface area (Å²) in [6.07, 6.45) is 3.30. The molecule has 1 N–H and O–H groups in total. The van der Waals surface area contributed by atoms with E-state index in [0.29, 0.717) is 34.8 Å². The summed E-state index contributed by atoms with van der Waals surface area (Å²) in [5.74, 6) is 0.651. The van der Waals surface area contributed by atoms with Crippen molar-refractivity contribution < 1.29 is 19.4 Å². The maximum absolute atomic E-state index is 12.3. The molecule has 2 aromatic carbocycles. The minimum absolute atomic E-state index is 0.345. The fraction of sp³-hybridized carbons (Fsp3) is 0.185. The minimum atomic E-state index is -0.457. The molecule has 0 radical (unpaired) electrons. The third kappa shape index (κ3) is 10.2. The Morgan fingerprint density at radius 1 is 0.938 bits per heavy atom. The number of nitrogens with zero attached hydrogens (tertiary/aromatic N) is 1. The summed E-state index contributed by atoms with van der Waals surface area (Å²) in [6.45, 7) is 17.6. The molecule has 0 aliphatic heterocycles. The van der Waals surface area contributed by atoms with E-state index in [1.807, 2.05) is 26.8 Å². The molecule has 0 aliphatic carbocycles.